The minimum absolute atomic E-state index is 0.0254. The van der Waals surface area contributed by atoms with Crippen LogP contribution in [0.25, 0.3) is 0 Å². The third kappa shape index (κ3) is 1.32. The van der Waals surface area contributed by atoms with Crippen LogP contribution in [0.5, 0.6) is 5.75 Å². The van der Waals surface area contributed by atoms with Crippen LogP contribution in [0, 0.1) is 5.92 Å². The van der Waals surface area contributed by atoms with Gasteiger partial charge in [0.1, 0.15) is 11.5 Å². The summed E-state index contributed by atoms with van der Waals surface area (Å²) >= 11 is 0. The summed E-state index contributed by atoms with van der Waals surface area (Å²) < 4.78 is 12.1. The summed E-state index contributed by atoms with van der Waals surface area (Å²) in [7, 11) is 1.74. The van der Waals surface area contributed by atoms with Gasteiger partial charge in [0.05, 0.1) is 13.7 Å². The first-order chi connectivity index (χ1) is 10.8. The molecule has 2 aliphatic heterocycles. The number of hydrogen-bond donors (Lipinski definition) is 2. The lowest BCUT2D eigenvalue weighted by Gasteiger charge is -2.54. The van der Waals surface area contributed by atoms with Crippen molar-refractivity contribution in [2.24, 2.45) is 5.92 Å². The maximum Gasteiger partial charge on any atom is 0.165 e. The Balaban J connectivity index is 1.81. The van der Waals surface area contributed by atoms with Gasteiger partial charge in [0.25, 0.3) is 0 Å². The van der Waals surface area contributed by atoms with Crippen LogP contribution in [-0.2, 0) is 23.2 Å². The topological polar surface area (TPSA) is 50.7 Å². The monoisotopic (exact) mass is 299 g/mol. The van der Waals surface area contributed by atoms with E-state index in [4.69, 9.17) is 9.47 Å². The Labute approximate surface area is 130 Å². The fourth-order valence-corrected chi connectivity index (χ4v) is 5.43. The fraction of sp³-hybridized carbons (Fsp3) is 0.556. The number of ether oxygens (including phenoxy) is 2. The second-order valence-electron chi connectivity index (χ2n) is 6.95. The summed E-state index contributed by atoms with van der Waals surface area (Å²) in [5.74, 6) is 2.46. The highest BCUT2D eigenvalue weighted by atomic mass is 16.5. The van der Waals surface area contributed by atoms with Crippen LogP contribution in [-0.4, -0.2) is 30.9 Å². The van der Waals surface area contributed by atoms with Crippen molar-refractivity contribution in [3.8, 4) is 5.75 Å². The molecule has 1 aromatic carbocycles. The van der Waals surface area contributed by atoms with E-state index in [2.05, 4.69) is 17.5 Å². The molecule has 2 bridgehead atoms. The molecule has 5 rings (SSSR count). The van der Waals surface area contributed by atoms with E-state index in [0.717, 1.165) is 42.9 Å². The van der Waals surface area contributed by atoms with Crippen molar-refractivity contribution >= 4 is 0 Å². The van der Waals surface area contributed by atoms with Crippen LogP contribution in [0.2, 0.25) is 0 Å². The van der Waals surface area contributed by atoms with Crippen LogP contribution in [0.15, 0.2) is 24.0 Å². The van der Waals surface area contributed by atoms with Gasteiger partial charge in [0.15, 0.2) is 6.10 Å². The maximum absolute atomic E-state index is 9.72. The highest BCUT2D eigenvalue weighted by Crippen LogP contribution is 2.61. The number of hydrogen-bond acceptors (Lipinski definition) is 4. The molecule has 0 saturated carbocycles. The van der Waals surface area contributed by atoms with Crippen LogP contribution in [0.1, 0.15) is 29.5 Å². The third-order valence-electron chi connectivity index (χ3n) is 6.26. The first-order valence-corrected chi connectivity index (χ1v) is 8.19. The lowest BCUT2D eigenvalue weighted by molar-refractivity contribution is 0.0183. The molecule has 2 heterocycles. The standard InChI is InChI=1S/C18H21NO3/c1-21-14-5-4-12-13-8-10-2-3-11(9-20)16-15(10)18(12,6-7-19-13)17(14)22-16/h2-3,5,12-13,17,19-20H,4,6-9H2,1H3. The molecule has 1 fully saturated rings. The van der Waals surface area contributed by atoms with Crippen molar-refractivity contribution in [1.29, 1.82) is 0 Å². The molecule has 22 heavy (non-hydrogen) atoms. The van der Waals surface area contributed by atoms with E-state index < -0.39 is 0 Å². The average molecular weight is 299 g/mol. The summed E-state index contributed by atoms with van der Waals surface area (Å²) in [5, 5.41) is 13.4. The van der Waals surface area contributed by atoms with E-state index in [9.17, 15) is 5.11 Å². The van der Waals surface area contributed by atoms with Crippen LogP contribution in [0.3, 0.4) is 0 Å². The number of piperidine rings is 1. The fourth-order valence-electron chi connectivity index (χ4n) is 5.43. The van der Waals surface area contributed by atoms with Gasteiger partial charge in [0, 0.05) is 22.6 Å². The molecule has 0 radical (unpaired) electrons. The number of methoxy groups -OCH3 is 1. The molecule has 2 aliphatic carbocycles. The van der Waals surface area contributed by atoms with Gasteiger partial charge in [0.2, 0.25) is 0 Å². The summed E-state index contributed by atoms with van der Waals surface area (Å²) in [6.07, 6.45) is 5.37. The number of benzene rings is 1. The molecule has 4 unspecified atom stereocenters. The molecule has 4 aliphatic rings. The van der Waals surface area contributed by atoms with E-state index in [1.54, 1.807) is 7.11 Å². The van der Waals surface area contributed by atoms with Crippen LogP contribution >= 0.6 is 0 Å². The van der Waals surface area contributed by atoms with Crippen molar-refractivity contribution in [2.75, 3.05) is 13.7 Å². The zero-order chi connectivity index (χ0) is 14.9. The molecular weight excluding hydrogens is 278 g/mol. The van der Waals surface area contributed by atoms with E-state index in [-0.39, 0.29) is 18.1 Å². The summed E-state index contributed by atoms with van der Waals surface area (Å²) in [6, 6.07) is 4.74. The van der Waals surface area contributed by atoms with Crippen molar-refractivity contribution in [1.82, 2.24) is 5.32 Å². The molecule has 1 spiro atoms. The predicted octanol–water partition coefficient (Wildman–Crippen LogP) is 1.65. The molecule has 4 heteroatoms. The normalized spacial score (nSPS) is 37.2. The Bertz CT molecular complexity index is 683. The third-order valence-corrected chi connectivity index (χ3v) is 6.26. The number of aliphatic hydroxyl groups is 1. The Morgan fingerprint density at radius 3 is 3.18 bits per heavy atom. The Hall–Kier alpha value is -1.52. The van der Waals surface area contributed by atoms with Gasteiger partial charge in [-0.05, 0) is 43.4 Å². The Morgan fingerprint density at radius 1 is 1.45 bits per heavy atom. The molecule has 1 aromatic rings. The summed E-state index contributed by atoms with van der Waals surface area (Å²) in [4.78, 5) is 0. The predicted molar refractivity (Wildman–Crippen MR) is 81.8 cm³/mol. The summed E-state index contributed by atoms with van der Waals surface area (Å²) in [6.45, 7) is 1.06. The quantitative estimate of drug-likeness (QED) is 0.872. The highest BCUT2D eigenvalue weighted by molar-refractivity contribution is 5.59. The van der Waals surface area contributed by atoms with E-state index >= 15 is 0 Å². The maximum atomic E-state index is 9.72. The second-order valence-corrected chi connectivity index (χ2v) is 6.95. The van der Waals surface area contributed by atoms with E-state index in [1.807, 2.05) is 6.07 Å². The minimum Gasteiger partial charge on any atom is -0.497 e. The molecule has 0 aromatic heterocycles. The van der Waals surface area contributed by atoms with Gasteiger partial charge in [-0.2, -0.15) is 0 Å². The van der Waals surface area contributed by atoms with E-state index in [0.29, 0.717) is 12.0 Å². The molecule has 116 valence electrons. The SMILES string of the molecule is COC1=CCC2C3Cc4ccc(CO)c5c4C2(CCN3)C1O5. The first kappa shape index (κ1) is 13.0. The second kappa shape index (κ2) is 4.27. The Morgan fingerprint density at radius 2 is 2.36 bits per heavy atom. The van der Waals surface area contributed by atoms with Crippen molar-refractivity contribution < 1.29 is 14.6 Å². The number of nitrogens with one attached hydrogen (secondary N) is 1. The van der Waals surface area contributed by atoms with Gasteiger partial charge in [-0.25, -0.2) is 0 Å². The molecule has 0 amide bonds. The van der Waals surface area contributed by atoms with Crippen molar-refractivity contribution in [3.05, 3.63) is 40.7 Å². The van der Waals surface area contributed by atoms with Crippen LogP contribution < -0.4 is 10.1 Å². The Kier molecular flexibility index (Phi) is 2.52. The summed E-state index contributed by atoms with van der Waals surface area (Å²) in [5.41, 5.74) is 3.70. The number of rotatable bonds is 2. The zero-order valence-corrected chi connectivity index (χ0v) is 12.8. The van der Waals surface area contributed by atoms with Crippen molar-refractivity contribution in [2.45, 2.75) is 43.4 Å². The van der Waals surface area contributed by atoms with Gasteiger partial charge in [-0.1, -0.05) is 12.1 Å². The zero-order valence-electron chi connectivity index (χ0n) is 12.8. The minimum atomic E-state index is -0.0254. The van der Waals surface area contributed by atoms with E-state index in [1.165, 1.54) is 11.1 Å². The molecule has 4 nitrogen and oxygen atoms in total. The van der Waals surface area contributed by atoms with Gasteiger partial charge in [-0.15, -0.1) is 0 Å². The molecule has 2 N–H and O–H groups in total. The molecule has 4 atom stereocenters. The first-order valence-electron chi connectivity index (χ1n) is 8.19. The highest BCUT2D eigenvalue weighted by Gasteiger charge is 2.63. The lowest BCUT2D eigenvalue weighted by Crippen LogP contribution is -2.63. The smallest absolute Gasteiger partial charge is 0.165 e. The number of aliphatic hydroxyl groups excluding tert-OH is 1. The average Bonchev–Trinajstić information content (AvgIpc) is 2.88. The lowest BCUT2D eigenvalue weighted by atomic mass is 9.53. The van der Waals surface area contributed by atoms with Gasteiger partial charge in [-0.3, -0.25) is 0 Å². The van der Waals surface area contributed by atoms with Crippen molar-refractivity contribution in [3.63, 3.8) is 0 Å². The largest absolute Gasteiger partial charge is 0.497 e. The van der Waals surface area contributed by atoms with Gasteiger partial charge < -0.3 is 19.9 Å². The van der Waals surface area contributed by atoms with Crippen LogP contribution in [0.4, 0.5) is 0 Å². The number of allylic oxidation sites excluding steroid dienone is 1. The molecular formula is C18H21NO3. The van der Waals surface area contributed by atoms with Gasteiger partial charge >= 0.3 is 0 Å². The molecule has 1 saturated heterocycles.